The minimum absolute atomic E-state index is 0.0564. The molecular formula is C27H35F2N9O3S2. The Bertz CT molecular complexity index is 1440. The summed E-state index contributed by atoms with van der Waals surface area (Å²) in [6.45, 7) is 9.72. The summed E-state index contributed by atoms with van der Waals surface area (Å²) in [4.78, 5) is 38.6. The number of morpholine rings is 1. The van der Waals surface area contributed by atoms with E-state index in [0.29, 0.717) is 104 Å². The normalized spacial score (nSPS) is 15.8. The lowest BCUT2D eigenvalue weighted by Gasteiger charge is -2.36. The quantitative estimate of drug-likeness (QED) is 0.323. The maximum absolute atomic E-state index is 14.3. The number of ether oxygens (including phenoxy) is 2. The minimum atomic E-state index is -2.88. The first-order chi connectivity index (χ1) is 20.8. The van der Waals surface area contributed by atoms with Crippen molar-refractivity contribution in [2.45, 2.75) is 20.3 Å². The molecule has 3 aromatic rings. The smallest absolute Gasteiger partial charge is 0.296 e. The van der Waals surface area contributed by atoms with Crippen molar-refractivity contribution in [2.24, 2.45) is 0 Å². The van der Waals surface area contributed by atoms with Crippen LogP contribution in [0.15, 0.2) is 18.2 Å². The minimum Gasteiger partial charge on any atom is -0.494 e. The Labute approximate surface area is 258 Å². The number of carbonyl (C=O) groups is 1. The first-order valence-corrected chi connectivity index (χ1v) is 15.6. The molecule has 0 bridgehead atoms. The third kappa shape index (κ3) is 6.75. The number of para-hydroxylation sites is 1. The van der Waals surface area contributed by atoms with E-state index >= 15 is 0 Å². The average molecular weight is 636 g/mol. The van der Waals surface area contributed by atoms with Gasteiger partial charge in [0.15, 0.2) is 5.82 Å². The van der Waals surface area contributed by atoms with Crippen molar-refractivity contribution < 1.29 is 23.0 Å². The molecule has 0 saturated carbocycles. The number of thioether (sulfide) groups is 1. The SMILES string of the molecule is CCN(CC)C(=O)CSC(=S)N1CCN(c2nc(N3CCOCC3)nc(-n3c(C(F)F)nc4c(OC)cccc43)n2)CC1. The number of anilines is 2. The summed E-state index contributed by atoms with van der Waals surface area (Å²) in [6, 6.07) is 5.08. The second-order valence-electron chi connectivity index (χ2n) is 9.86. The molecule has 5 rings (SSSR count). The molecule has 16 heteroatoms. The highest BCUT2D eigenvalue weighted by atomic mass is 32.2. The van der Waals surface area contributed by atoms with Gasteiger partial charge in [-0.05, 0) is 26.0 Å². The number of alkyl halides is 2. The molecule has 0 aliphatic carbocycles. The summed E-state index contributed by atoms with van der Waals surface area (Å²) in [6.07, 6.45) is -2.88. The van der Waals surface area contributed by atoms with Gasteiger partial charge in [0.05, 0.1) is 31.6 Å². The number of aromatic nitrogens is 5. The first-order valence-electron chi connectivity index (χ1n) is 14.2. The molecule has 2 aromatic heterocycles. The van der Waals surface area contributed by atoms with E-state index in [-0.39, 0.29) is 11.9 Å². The van der Waals surface area contributed by atoms with Crippen molar-refractivity contribution >= 4 is 57.1 Å². The summed E-state index contributed by atoms with van der Waals surface area (Å²) in [5.41, 5.74) is 0.709. The van der Waals surface area contributed by atoms with Gasteiger partial charge < -0.3 is 29.1 Å². The lowest BCUT2D eigenvalue weighted by molar-refractivity contribution is -0.127. The molecule has 2 saturated heterocycles. The van der Waals surface area contributed by atoms with Crippen molar-refractivity contribution in [3.8, 4) is 11.7 Å². The van der Waals surface area contributed by atoms with Gasteiger partial charge in [-0.2, -0.15) is 15.0 Å². The summed E-state index contributed by atoms with van der Waals surface area (Å²) in [5.74, 6) is 1.10. The van der Waals surface area contributed by atoms with Crippen LogP contribution in [0.4, 0.5) is 20.7 Å². The molecule has 0 N–H and O–H groups in total. The van der Waals surface area contributed by atoms with E-state index in [2.05, 4.69) is 14.9 Å². The molecule has 2 fully saturated rings. The summed E-state index contributed by atoms with van der Waals surface area (Å²) < 4.78 is 41.5. The molecule has 1 amide bonds. The Morgan fingerprint density at radius 3 is 2.23 bits per heavy atom. The molecule has 1 aromatic carbocycles. The van der Waals surface area contributed by atoms with Crippen molar-refractivity contribution in [3.63, 3.8) is 0 Å². The third-order valence-corrected chi connectivity index (χ3v) is 8.95. The first kappa shape index (κ1) is 31.1. The predicted octanol–water partition coefficient (Wildman–Crippen LogP) is 3.00. The molecule has 12 nitrogen and oxygen atoms in total. The van der Waals surface area contributed by atoms with Crippen LogP contribution >= 0.6 is 24.0 Å². The van der Waals surface area contributed by atoms with Gasteiger partial charge in [0.2, 0.25) is 23.8 Å². The van der Waals surface area contributed by atoms with Crippen LogP contribution in [0.25, 0.3) is 17.0 Å². The topological polar surface area (TPSA) is 105 Å². The number of halogens is 2. The number of rotatable bonds is 9. The fourth-order valence-corrected chi connectivity index (χ4v) is 6.23. The standard InChI is InChI=1S/C27H35F2N9O3S2/c1-4-34(5-2)20(39)17-43-27(42)37-11-9-35(10-12-37)24-31-25(36-13-15-41-16-14-36)33-26(32-24)38-18-7-6-8-19(40-3)21(18)30-23(38)22(28)29/h6-8,22H,4-5,9-17H2,1-3H3. The molecule has 0 unspecified atom stereocenters. The number of hydrogen-bond donors (Lipinski definition) is 0. The van der Waals surface area contributed by atoms with Crippen LogP contribution in [-0.2, 0) is 9.53 Å². The number of thiocarbonyl (C=S) groups is 1. The van der Waals surface area contributed by atoms with Crippen LogP contribution in [0.2, 0.25) is 0 Å². The summed E-state index contributed by atoms with van der Waals surface area (Å²) in [7, 11) is 1.47. The Morgan fingerprint density at radius 2 is 1.63 bits per heavy atom. The Morgan fingerprint density at radius 1 is 1.00 bits per heavy atom. The summed E-state index contributed by atoms with van der Waals surface area (Å²) >= 11 is 7.01. The van der Waals surface area contributed by atoms with E-state index in [4.69, 9.17) is 31.7 Å². The lowest BCUT2D eigenvalue weighted by Crippen LogP contribution is -2.48. The van der Waals surface area contributed by atoms with Gasteiger partial charge in [0.1, 0.15) is 15.6 Å². The van der Waals surface area contributed by atoms with E-state index in [1.54, 1.807) is 23.1 Å². The maximum atomic E-state index is 14.3. The Hall–Kier alpha value is -3.37. The van der Waals surface area contributed by atoms with Crippen LogP contribution in [0.5, 0.6) is 5.75 Å². The molecule has 4 heterocycles. The molecule has 232 valence electrons. The number of imidazole rings is 1. The number of methoxy groups -OCH3 is 1. The van der Waals surface area contributed by atoms with Gasteiger partial charge >= 0.3 is 0 Å². The van der Waals surface area contributed by atoms with E-state index in [1.165, 1.54) is 23.4 Å². The van der Waals surface area contributed by atoms with Crippen molar-refractivity contribution in [1.29, 1.82) is 0 Å². The van der Waals surface area contributed by atoms with Crippen molar-refractivity contribution in [2.75, 3.05) is 88.2 Å². The molecule has 0 spiro atoms. The molecular weight excluding hydrogens is 600 g/mol. The van der Waals surface area contributed by atoms with Gasteiger partial charge in [0, 0.05) is 52.4 Å². The summed E-state index contributed by atoms with van der Waals surface area (Å²) in [5, 5.41) is 0. The van der Waals surface area contributed by atoms with Crippen LogP contribution in [0.1, 0.15) is 26.1 Å². The van der Waals surface area contributed by atoms with Crippen LogP contribution < -0.4 is 14.5 Å². The maximum Gasteiger partial charge on any atom is 0.296 e. The van der Waals surface area contributed by atoms with Gasteiger partial charge in [-0.1, -0.05) is 30.0 Å². The monoisotopic (exact) mass is 635 g/mol. The van der Waals surface area contributed by atoms with Crippen LogP contribution in [-0.4, -0.2) is 123 Å². The fourth-order valence-electron chi connectivity index (χ4n) is 5.07. The number of fused-ring (bicyclic) bond motifs is 1. The third-order valence-electron chi connectivity index (χ3n) is 7.44. The number of carbonyl (C=O) groups excluding carboxylic acids is 1. The zero-order valence-electron chi connectivity index (χ0n) is 24.4. The molecule has 2 aliphatic rings. The highest BCUT2D eigenvalue weighted by Gasteiger charge is 2.28. The van der Waals surface area contributed by atoms with Gasteiger partial charge in [0.25, 0.3) is 6.43 Å². The number of benzene rings is 1. The Kier molecular flexibility index (Phi) is 10.1. The van der Waals surface area contributed by atoms with E-state index in [0.717, 1.165) is 0 Å². The van der Waals surface area contributed by atoms with Gasteiger partial charge in [-0.15, -0.1) is 0 Å². The van der Waals surface area contributed by atoms with Gasteiger partial charge in [-0.25, -0.2) is 13.8 Å². The van der Waals surface area contributed by atoms with Crippen molar-refractivity contribution in [1.82, 2.24) is 34.3 Å². The Balaban J connectivity index is 1.42. The van der Waals surface area contributed by atoms with Crippen molar-refractivity contribution in [3.05, 3.63) is 24.0 Å². The average Bonchev–Trinajstić information content (AvgIpc) is 3.45. The number of amides is 1. The van der Waals surface area contributed by atoms with E-state index < -0.39 is 12.2 Å². The second kappa shape index (κ2) is 13.9. The highest BCUT2D eigenvalue weighted by Crippen LogP contribution is 2.32. The predicted molar refractivity (Wildman–Crippen MR) is 166 cm³/mol. The largest absolute Gasteiger partial charge is 0.494 e. The van der Waals surface area contributed by atoms with Gasteiger partial charge in [-0.3, -0.25) is 9.36 Å². The second-order valence-corrected chi connectivity index (χ2v) is 11.5. The number of nitrogens with zero attached hydrogens (tertiary/aromatic N) is 9. The lowest BCUT2D eigenvalue weighted by atomic mass is 10.3. The van der Waals surface area contributed by atoms with E-state index in [9.17, 15) is 13.6 Å². The molecule has 2 aliphatic heterocycles. The molecule has 0 radical (unpaired) electrons. The number of piperazine rings is 1. The molecule has 43 heavy (non-hydrogen) atoms. The zero-order chi connectivity index (χ0) is 30.5. The zero-order valence-corrected chi connectivity index (χ0v) is 26.0. The highest BCUT2D eigenvalue weighted by molar-refractivity contribution is 8.23. The molecule has 0 atom stereocenters. The van der Waals surface area contributed by atoms with Crippen LogP contribution in [0, 0.1) is 0 Å². The fraction of sp³-hybridized carbons (Fsp3) is 0.556. The van der Waals surface area contributed by atoms with E-state index in [1.807, 2.05) is 23.6 Å². The number of hydrogen-bond acceptors (Lipinski definition) is 11. The van der Waals surface area contributed by atoms with Crippen LogP contribution in [0.3, 0.4) is 0 Å².